The molecule has 6 nitrogen and oxygen atoms in total. The summed E-state index contributed by atoms with van der Waals surface area (Å²) in [6, 6.07) is 4.82. The average molecular weight is 362 g/mol. The number of nitriles is 1. The maximum absolute atomic E-state index is 12.3. The molecule has 0 fully saturated rings. The number of rotatable bonds is 4. The Kier molecular flexibility index (Phi) is 4.39. The fourth-order valence-corrected chi connectivity index (χ4v) is 2.67. The summed E-state index contributed by atoms with van der Waals surface area (Å²) in [5.74, 6) is -0.749. The van der Waals surface area contributed by atoms with Crippen LogP contribution in [0.3, 0.4) is 0 Å². The fourth-order valence-electron chi connectivity index (χ4n) is 1.46. The minimum absolute atomic E-state index is 0.318. The second-order valence-corrected chi connectivity index (χ2v) is 6.59. The van der Waals surface area contributed by atoms with E-state index in [4.69, 9.17) is 5.26 Å². The summed E-state index contributed by atoms with van der Waals surface area (Å²) in [5.41, 5.74) is -5.69. The number of carbonyl (C=O) groups is 1. The molecule has 0 saturated heterocycles. The van der Waals surface area contributed by atoms with Crippen molar-refractivity contribution in [2.75, 3.05) is 0 Å². The molecule has 2 aromatic rings. The van der Waals surface area contributed by atoms with E-state index in [0.717, 1.165) is 23.5 Å². The maximum Gasteiger partial charge on any atom is 0.534 e. The van der Waals surface area contributed by atoms with Gasteiger partial charge in [0.25, 0.3) is 0 Å². The topological polar surface area (TPSA) is 97.1 Å². The largest absolute Gasteiger partial charge is 0.534 e. The van der Waals surface area contributed by atoms with Gasteiger partial charge in [-0.2, -0.15) is 26.9 Å². The van der Waals surface area contributed by atoms with Crippen LogP contribution in [0.25, 0.3) is 10.6 Å². The van der Waals surface area contributed by atoms with Crippen molar-refractivity contribution < 1.29 is 30.6 Å². The van der Waals surface area contributed by atoms with Gasteiger partial charge in [0.05, 0.1) is 10.4 Å². The molecule has 120 valence electrons. The van der Waals surface area contributed by atoms with E-state index in [9.17, 15) is 26.4 Å². The van der Waals surface area contributed by atoms with E-state index >= 15 is 0 Å². The molecule has 0 bridgehead atoms. The summed E-state index contributed by atoms with van der Waals surface area (Å²) in [7, 11) is -5.87. The zero-order valence-electron chi connectivity index (χ0n) is 10.9. The Morgan fingerprint density at radius 3 is 2.57 bits per heavy atom. The molecular formula is C12H5F3N2O4S2. The van der Waals surface area contributed by atoms with Crippen molar-refractivity contribution in [3.8, 4) is 22.4 Å². The maximum atomic E-state index is 12.3. The highest BCUT2D eigenvalue weighted by Crippen LogP contribution is 2.32. The van der Waals surface area contributed by atoms with Gasteiger partial charge >= 0.3 is 15.6 Å². The van der Waals surface area contributed by atoms with Gasteiger partial charge in [0.2, 0.25) is 0 Å². The first-order valence-electron chi connectivity index (χ1n) is 5.64. The van der Waals surface area contributed by atoms with Gasteiger partial charge in [0, 0.05) is 11.8 Å². The van der Waals surface area contributed by atoms with E-state index in [-0.39, 0.29) is 0 Å². The summed E-state index contributed by atoms with van der Waals surface area (Å²) in [4.78, 5) is 14.8. The predicted molar refractivity (Wildman–Crippen MR) is 73.3 cm³/mol. The number of aromatic nitrogens is 1. The minimum atomic E-state index is -5.87. The third-order valence-corrected chi connectivity index (χ3v) is 4.41. The molecule has 0 unspecified atom stereocenters. The summed E-state index contributed by atoms with van der Waals surface area (Å²) in [6.45, 7) is 0. The summed E-state index contributed by atoms with van der Waals surface area (Å²) in [6.07, 6.45) is 1.86. The molecule has 0 spiro atoms. The van der Waals surface area contributed by atoms with Crippen molar-refractivity contribution in [3.63, 3.8) is 0 Å². The van der Waals surface area contributed by atoms with Gasteiger partial charge in [-0.25, -0.2) is 4.98 Å². The van der Waals surface area contributed by atoms with Crippen LogP contribution in [-0.2, 0) is 10.1 Å². The molecule has 0 atom stereocenters. The molecule has 0 aliphatic heterocycles. The third kappa shape index (κ3) is 3.49. The van der Waals surface area contributed by atoms with Crippen LogP contribution >= 0.6 is 11.3 Å². The van der Waals surface area contributed by atoms with E-state index in [1.54, 1.807) is 6.07 Å². The van der Waals surface area contributed by atoms with Gasteiger partial charge in [0.1, 0.15) is 11.1 Å². The zero-order chi connectivity index (χ0) is 17.3. The van der Waals surface area contributed by atoms with Crippen molar-refractivity contribution in [1.29, 1.82) is 5.26 Å². The summed E-state index contributed by atoms with van der Waals surface area (Å²) < 4.78 is 62.8. The van der Waals surface area contributed by atoms with E-state index < -0.39 is 26.9 Å². The number of benzene rings is 1. The Balaban J connectivity index is 2.42. The Hall–Kier alpha value is -2.45. The van der Waals surface area contributed by atoms with E-state index in [1.807, 2.05) is 0 Å². The molecule has 1 aromatic heterocycles. The van der Waals surface area contributed by atoms with E-state index in [1.165, 1.54) is 12.3 Å². The summed E-state index contributed by atoms with van der Waals surface area (Å²) in [5, 5.41) is 9.30. The smallest absolute Gasteiger partial charge is 0.375 e. The lowest BCUT2D eigenvalue weighted by atomic mass is 10.1. The van der Waals surface area contributed by atoms with E-state index in [0.29, 0.717) is 21.7 Å². The first-order valence-corrected chi connectivity index (χ1v) is 7.86. The summed E-state index contributed by atoms with van der Waals surface area (Å²) >= 11 is 1.00. The molecule has 2 rings (SSSR count). The van der Waals surface area contributed by atoms with Crippen LogP contribution in [-0.4, -0.2) is 25.2 Å². The van der Waals surface area contributed by atoms with Crippen LogP contribution < -0.4 is 4.18 Å². The molecular weight excluding hydrogens is 357 g/mol. The van der Waals surface area contributed by atoms with Crippen LogP contribution in [0.15, 0.2) is 24.4 Å². The molecule has 0 saturated carbocycles. The lowest BCUT2D eigenvalue weighted by Crippen LogP contribution is -2.28. The highest BCUT2D eigenvalue weighted by atomic mass is 32.2. The molecule has 1 aromatic carbocycles. The second-order valence-electron chi connectivity index (χ2n) is 3.99. The van der Waals surface area contributed by atoms with E-state index in [2.05, 4.69) is 9.17 Å². The molecule has 1 heterocycles. The van der Waals surface area contributed by atoms with Gasteiger partial charge in [0.15, 0.2) is 12.0 Å². The standard InChI is InChI=1S/C12H5F3N2O4S2/c13-12(14,15)23(19,20)21-10-2-1-7(3-8(10)4-16)11-17-5-9(6-18)22-11/h1-3,5-6H. The number of nitrogens with zero attached hydrogens (tertiary/aromatic N) is 2. The van der Waals surface area contributed by atoms with Crippen LogP contribution in [0.2, 0.25) is 0 Å². The quantitative estimate of drug-likeness (QED) is 0.471. The van der Waals surface area contributed by atoms with Crippen molar-refractivity contribution in [2.45, 2.75) is 5.51 Å². The Morgan fingerprint density at radius 1 is 1.35 bits per heavy atom. The van der Waals surface area contributed by atoms with Crippen molar-refractivity contribution in [1.82, 2.24) is 4.98 Å². The molecule has 0 aliphatic rings. The number of carbonyl (C=O) groups excluding carboxylic acids is 1. The van der Waals surface area contributed by atoms with Crippen molar-refractivity contribution in [2.24, 2.45) is 0 Å². The van der Waals surface area contributed by atoms with Crippen LogP contribution in [0.1, 0.15) is 15.2 Å². The first-order chi connectivity index (χ1) is 10.7. The Labute approximate surface area is 131 Å². The number of hydrogen-bond acceptors (Lipinski definition) is 7. The fraction of sp³-hybridized carbons (Fsp3) is 0.0833. The molecule has 0 N–H and O–H groups in total. The first kappa shape index (κ1) is 16.9. The third-order valence-electron chi connectivity index (χ3n) is 2.47. The van der Waals surface area contributed by atoms with Crippen LogP contribution in [0, 0.1) is 11.3 Å². The van der Waals surface area contributed by atoms with Gasteiger partial charge in [-0.15, -0.1) is 11.3 Å². The highest BCUT2D eigenvalue weighted by Gasteiger charge is 2.48. The molecule has 23 heavy (non-hydrogen) atoms. The minimum Gasteiger partial charge on any atom is -0.375 e. The van der Waals surface area contributed by atoms with Gasteiger partial charge in [-0.1, -0.05) is 0 Å². The number of halogens is 3. The van der Waals surface area contributed by atoms with Crippen molar-refractivity contribution >= 4 is 27.7 Å². The number of hydrogen-bond donors (Lipinski definition) is 0. The normalized spacial score (nSPS) is 11.7. The molecule has 0 radical (unpaired) electrons. The number of alkyl halides is 3. The van der Waals surface area contributed by atoms with Crippen LogP contribution in [0.4, 0.5) is 13.2 Å². The predicted octanol–water partition coefficient (Wildman–Crippen LogP) is 2.72. The number of thiazole rings is 1. The second kappa shape index (κ2) is 5.98. The highest BCUT2D eigenvalue weighted by molar-refractivity contribution is 7.88. The lowest BCUT2D eigenvalue weighted by Gasteiger charge is -2.10. The number of aldehydes is 1. The molecule has 11 heteroatoms. The molecule has 0 aliphatic carbocycles. The van der Waals surface area contributed by atoms with Crippen LogP contribution in [0.5, 0.6) is 5.75 Å². The zero-order valence-corrected chi connectivity index (χ0v) is 12.5. The average Bonchev–Trinajstić information content (AvgIpc) is 2.95. The Bertz CT molecular complexity index is 898. The van der Waals surface area contributed by atoms with Gasteiger partial charge in [-0.3, -0.25) is 4.79 Å². The monoisotopic (exact) mass is 362 g/mol. The lowest BCUT2D eigenvalue weighted by molar-refractivity contribution is -0.0500. The van der Waals surface area contributed by atoms with Gasteiger partial charge in [-0.05, 0) is 18.2 Å². The van der Waals surface area contributed by atoms with Crippen molar-refractivity contribution in [3.05, 3.63) is 34.8 Å². The Morgan fingerprint density at radius 2 is 2.04 bits per heavy atom. The van der Waals surface area contributed by atoms with Gasteiger partial charge < -0.3 is 4.18 Å². The molecule has 0 amide bonds. The SMILES string of the molecule is N#Cc1cc(-c2ncc(C=O)s2)ccc1OS(=O)(=O)C(F)(F)F.